The van der Waals surface area contributed by atoms with Crippen LogP contribution in [0.25, 0.3) is 0 Å². The van der Waals surface area contributed by atoms with E-state index in [9.17, 15) is 0 Å². The van der Waals surface area contributed by atoms with Gasteiger partial charge in [-0.15, -0.1) is 0 Å². The van der Waals surface area contributed by atoms with Gasteiger partial charge >= 0.3 is 0 Å². The van der Waals surface area contributed by atoms with Crippen LogP contribution in [0, 0.1) is 0 Å². The highest BCUT2D eigenvalue weighted by molar-refractivity contribution is 9.10. The van der Waals surface area contributed by atoms with E-state index in [4.69, 9.17) is 4.74 Å². The van der Waals surface area contributed by atoms with Gasteiger partial charge in [0, 0.05) is 11.0 Å². The van der Waals surface area contributed by atoms with E-state index in [0.29, 0.717) is 6.61 Å². The SMILES string of the molecule is CCNCc1cccc(OCc2ccc(Br)cc2)c1. The van der Waals surface area contributed by atoms with Crippen molar-refractivity contribution in [1.29, 1.82) is 0 Å². The van der Waals surface area contributed by atoms with E-state index in [0.717, 1.165) is 23.3 Å². The molecule has 0 unspecified atom stereocenters. The van der Waals surface area contributed by atoms with Crippen LogP contribution >= 0.6 is 15.9 Å². The molecule has 0 aliphatic carbocycles. The summed E-state index contributed by atoms with van der Waals surface area (Å²) in [5, 5.41) is 3.31. The van der Waals surface area contributed by atoms with E-state index < -0.39 is 0 Å². The number of rotatable bonds is 6. The highest BCUT2D eigenvalue weighted by atomic mass is 79.9. The van der Waals surface area contributed by atoms with Crippen LogP contribution in [0.5, 0.6) is 5.75 Å². The molecule has 2 aromatic rings. The second-order valence-electron chi connectivity index (χ2n) is 4.34. The number of benzene rings is 2. The van der Waals surface area contributed by atoms with Crippen LogP contribution in [-0.2, 0) is 13.2 Å². The molecular formula is C16H18BrNO. The quantitative estimate of drug-likeness (QED) is 0.864. The van der Waals surface area contributed by atoms with Gasteiger partial charge < -0.3 is 10.1 Å². The number of nitrogens with one attached hydrogen (secondary N) is 1. The summed E-state index contributed by atoms with van der Waals surface area (Å²) >= 11 is 3.43. The maximum atomic E-state index is 5.81. The van der Waals surface area contributed by atoms with Crippen LogP contribution in [0.1, 0.15) is 18.1 Å². The van der Waals surface area contributed by atoms with Crippen LogP contribution in [0.3, 0.4) is 0 Å². The summed E-state index contributed by atoms with van der Waals surface area (Å²) in [5.74, 6) is 0.915. The molecule has 19 heavy (non-hydrogen) atoms. The Kier molecular flexibility index (Phi) is 5.43. The lowest BCUT2D eigenvalue weighted by molar-refractivity contribution is 0.306. The maximum absolute atomic E-state index is 5.81. The first-order chi connectivity index (χ1) is 9.28. The van der Waals surface area contributed by atoms with Crippen LogP contribution in [0.15, 0.2) is 53.0 Å². The Morgan fingerprint density at radius 1 is 1.05 bits per heavy atom. The summed E-state index contributed by atoms with van der Waals surface area (Å²) in [7, 11) is 0. The van der Waals surface area contributed by atoms with E-state index in [1.807, 2.05) is 24.3 Å². The first-order valence-electron chi connectivity index (χ1n) is 6.45. The molecule has 0 radical (unpaired) electrons. The van der Waals surface area contributed by atoms with Crippen molar-refractivity contribution >= 4 is 15.9 Å². The van der Waals surface area contributed by atoms with Crippen molar-refractivity contribution in [3.63, 3.8) is 0 Å². The van der Waals surface area contributed by atoms with Crippen molar-refractivity contribution in [2.75, 3.05) is 6.54 Å². The number of hydrogen-bond acceptors (Lipinski definition) is 2. The molecule has 0 saturated carbocycles. The fraction of sp³-hybridized carbons (Fsp3) is 0.250. The van der Waals surface area contributed by atoms with Gasteiger partial charge in [0.05, 0.1) is 0 Å². The first kappa shape index (κ1) is 14.1. The zero-order valence-corrected chi connectivity index (χ0v) is 12.6. The smallest absolute Gasteiger partial charge is 0.120 e. The zero-order chi connectivity index (χ0) is 13.5. The standard InChI is InChI=1S/C16H18BrNO/c1-2-18-11-14-4-3-5-16(10-14)19-12-13-6-8-15(17)9-7-13/h3-10,18H,2,11-12H2,1H3. The van der Waals surface area contributed by atoms with Gasteiger partial charge in [0.1, 0.15) is 12.4 Å². The Bertz CT molecular complexity index is 510. The summed E-state index contributed by atoms with van der Waals surface area (Å²) in [6.07, 6.45) is 0. The summed E-state index contributed by atoms with van der Waals surface area (Å²) in [5.41, 5.74) is 2.41. The van der Waals surface area contributed by atoms with Crippen LogP contribution in [0.4, 0.5) is 0 Å². The summed E-state index contributed by atoms with van der Waals surface area (Å²) in [6, 6.07) is 16.4. The predicted octanol–water partition coefficient (Wildman–Crippen LogP) is 4.14. The number of ether oxygens (including phenoxy) is 1. The Balaban J connectivity index is 1.93. The topological polar surface area (TPSA) is 21.3 Å². The minimum Gasteiger partial charge on any atom is -0.489 e. The van der Waals surface area contributed by atoms with Gasteiger partial charge in [-0.1, -0.05) is 47.1 Å². The van der Waals surface area contributed by atoms with Gasteiger partial charge in [-0.05, 0) is 41.9 Å². The van der Waals surface area contributed by atoms with Gasteiger partial charge in [0.15, 0.2) is 0 Å². The molecule has 0 saturated heterocycles. The Labute approximate surface area is 122 Å². The minimum absolute atomic E-state index is 0.595. The Morgan fingerprint density at radius 3 is 2.58 bits per heavy atom. The van der Waals surface area contributed by atoms with Crippen molar-refractivity contribution in [3.05, 3.63) is 64.1 Å². The molecule has 0 aromatic heterocycles. The average molecular weight is 320 g/mol. The minimum atomic E-state index is 0.595. The van der Waals surface area contributed by atoms with Crippen molar-refractivity contribution in [3.8, 4) is 5.75 Å². The fourth-order valence-electron chi connectivity index (χ4n) is 1.76. The van der Waals surface area contributed by atoms with Crippen LogP contribution in [0.2, 0.25) is 0 Å². The van der Waals surface area contributed by atoms with E-state index in [-0.39, 0.29) is 0 Å². The molecule has 0 atom stereocenters. The van der Waals surface area contributed by atoms with Crippen molar-refractivity contribution in [1.82, 2.24) is 5.32 Å². The van der Waals surface area contributed by atoms with Crippen molar-refractivity contribution < 1.29 is 4.74 Å². The molecule has 0 heterocycles. The molecule has 2 nitrogen and oxygen atoms in total. The van der Waals surface area contributed by atoms with Crippen LogP contribution in [-0.4, -0.2) is 6.54 Å². The second-order valence-corrected chi connectivity index (χ2v) is 5.26. The molecule has 100 valence electrons. The van der Waals surface area contributed by atoms with Crippen molar-refractivity contribution in [2.24, 2.45) is 0 Å². The molecule has 0 aliphatic rings. The molecular weight excluding hydrogens is 302 g/mol. The lowest BCUT2D eigenvalue weighted by Gasteiger charge is -2.08. The largest absolute Gasteiger partial charge is 0.489 e. The predicted molar refractivity (Wildman–Crippen MR) is 82.3 cm³/mol. The van der Waals surface area contributed by atoms with Gasteiger partial charge in [-0.25, -0.2) is 0 Å². The molecule has 0 bridgehead atoms. The maximum Gasteiger partial charge on any atom is 0.120 e. The lowest BCUT2D eigenvalue weighted by Crippen LogP contribution is -2.11. The van der Waals surface area contributed by atoms with Gasteiger partial charge in [-0.2, -0.15) is 0 Å². The Morgan fingerprint density at radius 2 is 1.84 bits per heavy atom. The monoisotopic (exact) mass is 319 g/mol. The highest BCUT2D eigenvalue weighted by Gasteiger charge is 1.98. The third-order valence-corrected chi connectivity index (χ3v) is 3.32. The molecule has 1 N–H and O–H groups in total. The average Bonchev–Trinajstić information content (AvgIpc) is 2.45. The molecule has 0 aliphatic heterocycles. The summed E-state index contributed by atoms with van der Waals surface area (Å²) < 4.78 is 6.90. The normalized spacial score (nSPS) is 10.4. The van der Waals surface area contributed by atoms with E-state index in [1.165, 1.54) is 11.1 Å². The number of hydrogen-bond donors (Lipinski definition) is 1. The van der Waals surface area contributed by atoms with Gasteiger partial charge in [0.25, 0.3) is 0 Å². The zero-order valence-electron chi connectivity index (χ0n) is 11.0. The molecule has 3 heteroatoms. The molecule has 2 rings (SSSR count). The summed E-state index contributed by atoms with van der Waals surface area (Å²) in [4.78, 5) is 0. The van der Waals surface area contributed by atoms with Crippen molar-refractivity contribution in [2.45, 2.75) is 20.1 Å². The first-order valence-corrected chi connectivity index (χ1v) is 7.24. The van der Waals surface area contributed by atoms with Crippen LogP contribution < -0.4 is 10.1 Å². The van der Waals surface area contributed by atoms with Gasteiger partial charge in [0.2, 0.25) is 0 Å². The van der Waals surface area contributed by atoms with E-state index >= 15 is 0 Å². The number of halogens is 1. The van der Waals surface area contributed by atoms with E-state index in [2.05, 4.69) is 52.4 Å². The molecule has 0 amide bonds. The lowest BCUT2D eigenvalue weighted by atomic mass is 10.2. The molecule has 2 aromatic carbocycles. The summed E-state index contributed by atoms with van der Waals surface area (Å²) in [6.45, 7) is 4.56. The molecule has 0 spiro atoms. The molecule has 0 fully saturated rings. The third kappa shape index (κ3) is 4.69. The Hall–Kier alpha value is -1.32. The second kappa shape index (κ2) is 7.31. The highest BCUT2D eigenvalue weighted by Crippen LogP contribution is 2.16. The van der Waals surface area contributed by atoms with Gasteiger partial charge in [-0.3, -0.25) is 0 Å². The van der Waals surface area contributed by atoms with E-state index in [1.54, 1.807) is 0 Å². The third-order valence-electron chi connectivity index (χ3n) is 2.80. The fourth-order valence-corrected chi connectivity index (χ4v) is 2.03.